The number of aromatic nitrogens is 1. The third-order valence-corrected chi connectivity index (χ3v) is 4.45. The number of hydrogen-bond donors (Lipinski definition) is 3. The largest absolute Gasteiger partial charge is 0.480 e. The maximum Gasteiger partial charge on any atom is 0.329 e. The fourth-order valence-electron chi connectivity index (χ4n) is 3.12. The van der Waals surface area contributed by atoms with Crippen molar-refractivity contribution >= 4 is 23.5 Å². The summed E-state index contributed by atoms with van der Waals surface area (Å²) in [6.07, 6.45) is 5.59. The highest BCUT2D eigenvalue weighted by atomic mass is 16.5. The number of aliphatic carboxylic acids is 1. The first kappa shape index (κ1) is 16.2. The van der Waals surface area contributed by atoms with Crippen molar-refractivity contribution in [1.29, 1.82) is 0 Å². The fourth-order valence-corrected chi connectivity index (χ4v) is 3.12. The molecule has 0 aromatic carbocycles. The number of fused-ring (bicyclic) bond motifs is 1. The minimum Gasteiger partial charge on any atom is -0.480 e. The number of ether oxygens (including phenoxy) is 1. The van der Waals surface area contributed by atoms with E-state index >= 15 is 0 Å². The third kappa shape index (κ3) is 3.17. The summed E-state index contributed by atoms with van der Waals surface area (Å²) in [4.78, 5) is 39.7. The normalized spacial score (nSPS) is 19.2. The lowest BCUT2D eigenvalue weighted by atomic mass is 9.90. The average molecular weight is 333 g/mol. The van der Waals surface area contributed by atoms with Crippen molar-refractivity contribution in [3.63, 3.8) is 0 Å². The maximum atomic E-state index is 12.5. The van der Waals surface area contributed by atoms with E-state index in [0.717, 1.165) is 25.7 Å². The van der Waals surface area contributed by atoms with E-state index in [1.54, 1.807) is 0 Å². The van der Waals surface area contributed by atoms with E-state index in [-0.39, 0.29) is 24.0 Å². The van der Waals surface area contributed by atoms with Gasteiger partial charge in [0.15, 0.2) is 6.61 Å². The molecular formula is C16H19N3O5. The van der Waals surface area contributed by atoms with E-state index in [2.05, 4.69) is 15.6 Å². The summed E-state index contributed by atoms with van der Waals surface area (Å²) in [5.74, 6) is -1.61. The fraction of sp³-hybridized carbons (Fsp3) is 0.500. The molecule has 3 N–H and O–H groups in total. The molecule has 2 heterocycles. The summed E-state index contributed by atoms with van der Waals surface area (Å²) in [7, 11) is 0. The van der Waals surface area contributed by atoms with Gasteiger partial charge in [0.1, 0.15) is 11.2 Å². The molecule has 3 rings (SSSR count). The van der Waals surface area contributed by atoms with Gasteiger partial charge in [-0.25, -0.2) is 9.78 Å². The van der Waals surface area contributed by atoms with E-state index in [1.807, 2.05) is 0 Å². The van der Waals surface area contributed by atoms with Crippen LogP contribution in [0.5, 0.6) is 5.88 Å². The average Bonchev–Trinajstić information content (AvgIpc) is 2.80. The van der Waals surface area contributed by atoms with Gasteiger partial charge in [-0.1, -0.05) is 25.7 Å². The molecule has 24 heavy (non-hydrogen) atoms. The molecule has 2 amide bonds. The first-order valence-electron chi connectivity index (χ1n) is 7.99. The molecule has 1 fully saturated rings. The number of pyridine rings is 1. The highest BCUT2D eigenvalue weighted by Crippen LogP contribution is 2.29. The number of rotatable bonds is 3. The van der Waals surface area contributed by atoms with Crippen LogP contribution >= 0.6 is 0 Å². The molecule has 1 aromatic rings. The first-order chi connectivity index (χ1) is 11.5. The van der Waals surface area contributed by atoms with E-state index in [0.29, 0.717) is 18.5 Å². The van der Waals surface area contributed by atoms with Gasteiger partial charge in [-0.15, -0.1) is 0 Å². The topological polar surface area (TPSA) is 118 Å². The van der Waals surface area contributed by atoms with E-state index in [9.17, 15) is 19.5 Å². The molecule has 8 heteroatoms. The molecule has 8 nitrogen and oxygen atoms in total. The zero-order valence-electron chi connectivity index (χ0n) is 13.1. The molecular weight excluding hydrogens is 314 g/mol. The predicted octanol–water partition coefficient (Wildman–Crippen LogP) is 1.32. The van der Waals surface area contributed by atoms with Crippen LogP contribution in [-0.2, 0) is 9.59 Å². The Bertz CT molecular complexity index is 680. The Balaban J connectivity index is 1.82. The van der Waals surface area contributed by atoms with Gasteiger partial charge >= 0.3 is 5.97 Å². The number of carbonyl (C=O) groups excluding carboxylic acids is 2. The van der Waals surface area contributed by atoms with Crippen LogP contribution in [-0.4, -0.2) is 40.0 Å². The minimum atomic E-state index is -1.25. The summed E-state index contributed by atoms with van der Waals surface area (Å²) < 4.78 is 5.15. The van der Waals surface area contributed by atoms with Gasteiger partial charge in [0.05, 0.1) is 5.56 Å². The van der Waals surface area contributed by atoms with E-state index in [4.69, 9.17) is 4.74 Å². The van der Waals surface area contributed by atoms with Crippen LogP contribution in [0.4, 0.5) is 5.69 Å². The Hall–Kier alpha value is -2.64. The molecule has 2 aliphatic rings. The molecule has 0 bridgehead atoms. The Morgan fingerprint density at radius 2 is 1.96 bits per heavy atom. The van der Waals surface area contributed by atoms with Crippen LogP contribution < -0.4 is 15.4 Å². The number of hydrogen-bond acceptors (Lipinski definition) is 5. The standard InChI is InChI=1S/C16H19N3O5/c20-12-9-24-14-11(18-12)7-10(8-17-14)13(21)19-16(15(22)23)5-3-1-2-4-6-16/h7-8H,1-6,9H2,(H,18,20)(H,19,21)(H,22,23). The van der Waals surface area contributed by atoms with E-state index in [1.165, 1.54) is 12.3 Å². The van der Waals surface area contributed by atoms with Gasteiger partial charge < -0.3 is 20.5 Å². The Kier molecular flexibility index (Phi) is 4.37. The number of anilines is 1. The molecule has 128 valence electrons. The van der Waals surface area contributed by atoms with Crippen molar-refractivity contribution in [3.05, 3.63) is 17.8 Å². The molecule has 1 aliphatic carbocycles. The van der Waals surface area contributed by atoms with Crippen LogP contribution in [0.15, 0.2) is 12.3 Å². The van der Waals surface area contributed by atoms with Crippen molar-refractivity contribution < 1.29 is 24.2 Å². The Morgan fingerprint density at radius 3 is 2.62 bits per heavy atom. The van der Waals surface area contributed by atoms with Crippen LogP contribution in [0.2, 0.25) is 0 Å². The molecule has 1 saturated carbocycles. The molecule has 0 unspecified atom stereocenters. The van der Waals surface area contributed by atoms with Gasteiger partial charge in [-0.2, -0.15) is 0 Å². The Morgan fingerprint density at radius 1 is 1.25 bits per heavy atom. The monoisotopic (exact) mass is 333 g/mol. The maximum absolute atomic E-state index is 12.5. The second-order valence-corrected chi connectivity index (χ2v) is 6.17. The molecule has 0 saturated heterocycles. The van der Waals surface area contributed by atoms with Gasteiger partial charge in [0.2, 0.25) is 5.88 Å². The van der Waals surface area contributed by atoms with Crippen LogP contribution in [0, 0.1) is 0 Å². The smallest absolute Gasteiger partial charge is 0.329 e. The van der Waals surface area contributed by atoms with Gasteiger partial charge in [-0.05, 0) is 18.9 Å². The zero-order valence-corrected chi connectivity index (χ0v) is 13.1. The Labute approximate surface area is 138 Å². The number of carboxylic acids is 1. The minimum absolute atomic E-state index is 0.117. The third-order valence-electron chi connectivity index (χ3n) is 4.45. The summed E-state index contributed by atoms with van der Waals surface area (Å²) in [5, 5.41) is 14.9. The number of carbonyl (C=O) groups is 3. The van der Waals surface area contributed by atoms with Crippen molar-refractivity contribution in [1.82, 2.24) is 10.3 Å². The van der Waals surface area contributed by atoms with Crippen LogP contribution in [0.1, 0.15) is 48.9 Å². The molecule has 0 atom stereocenters. The molecule has 0 spiro atoms. The van der Waals surface area contributed by atoms with Gasteiger partial charge in [0.25, 0.3) is 11.8 Å². The zero-order chi connectivity index (χ0) is 17.2. The van der Waals surface area contributed by atoms with Crippen molar-refractivity contribution in [2.24, 2.45) is 0 Å². The van der Waals surface area contributed by atoms with Crippen molar-refractivity contribution in [2.75, 3.05) is 11.9 Å². The predicted molar refractivity (Wildman–Crippen MR) is 83.9 cm³/mol. The quantitative estimate of drug-likeness (QED) is 0.718. The van der Waals surface area contributed by atoms with Gasteiger partial charge in [-0.3, -0.25) is 9.59 Å². The lowest BCUT2D eigenvalue weighted by molar-refractivity contribution is -0.145. The van der Waals surface area contributed by atoms with Crippen LogP contribution in [0.3, 0.4) is 0 Å². The van der Waals surface area contributed by atoms with Crippen LogP contribution in [0.25, 0.3) is 0 Å². The number of amides is 2. The summed E-state index contributed by atoms with van der Waals surface area (Å²) >= 11 is 0. The highest BCUT2D eigenvalue weighted by Gasteiger charge is 2.40. The van der Waals surface area contributed by atoms with E-state index < -0.39 is 17.4 Å². The molecule has 1 aromatic heterocycles. The second-order valence-electron chi connectivity index (χ2n) is 6.17. The van der Waals surface area contributed by atoms with Gasteiger partial charge in [0, 0.05) is 6.20 Å². The number of nitrogens with zero attached hydrogens (tertiary/aromatic N) is 1. The highest BCUT2D eigenvalue weighted by molar-refractivity contribution is 6.00. The lowest BCUT2D eigenvalue weighted by Crippen LogP contribution is -2.54. The second kappa shape index (κ2) is 6.46. The summed E-state index contributed by atoms with van der Waals surface area (Å²) in [5.41, 5.74) is -0.753. The van der Waals surface area contributed by atoms with Crippen molar-refractivity contribution in [2.45, 2.75) is 44.1 Å². The number of nitrogens with one attached hydrogen (secondary N) is 2. The summed E-state index contributed by atoms with van der Waals surface area (Å²) in [6, 6.07) is 1.45. The molecule has 0 radical (unpaired) electrons. The summed E-state index contributed by atoms with van der Waals surface area (Å²) in [6.45, 7) is -0.117. The van der Waals surface area contributed by atoms with Crippen molar-refractivity contribution in [3.8, 4) is 5.88 Å². The lowest BCUT2D eigenvalue weighted by Gasteiger charge is -2.29. The first-order valence-corrected chi connectivity index (χ1v) is 7.99. The number of carboxylic acid groups (broad SMARTS) is 1. The molecule has 1 aliphatic heterocycles. The SMILES string of the molecule is O=C1COc2ncc(C(=O)NC3(C(=O)O)CCCCCC3)cc2N1.